The molecule has 27 heavy (non-hydrogen) atoms. The lowest BCUT2D eigenvalue weighted by Gasteiger charge is -2.16. The molecule has 1 aromatic heterocycles. The minimum Gasteiger partial charge on any atom is -0.497 e. The molecule has 0 spiro atoms. The van der Waals surface area contributed by atoms with Gasteiger partial charge in [0.05, 0.1) is 23.2 Å². The van der Waals surface area contributed by atoms with Crippen molar-refractivity contribution in [3.8, 4) is 5.75 Å². The van der Waals surface area contributed by atoms with Crippen molar-refractivity contribution in [2.24, 2.45) is 5.92 Å². The number of methoxy groups -OCH3 is 1. The molecule has 1 aliphatic heterocycles. The molecule has 1 saturated heterocycles. The van der Waals surface area contributed by atoms with E-state index in [0.717, 1.165) is 21.7 Å². The number of carbonyl (C=O) groups is 2. The Morgan fingerprint density at radius 2 is 2.07 bits per heavy atom. The van der Waals surface area contributed by atoms with Crippen LogP contribution in [0.5, 0.6) is 5.75 Å². The van der Waals surface area contributed by atoms with Gasteiger partial charge < -0.3 is 15.0 Å². The normalized spacial score (nSPS) is 16.7. The minimum atomic E-state index is -0.421. The number of nitrogens with one attached hydrogen (secondary N) is 1. The quantitative estimate of drug-likeness (QED) is 0.718. The second-order valence-electron chi connectivity index (χ2n) is 6.22. The van der Waals surface area contributed by atoms with E-state index >= 15 is 0 Å². The largest absolute Gasteiger partial charge is 0.497 e. The van der Waals surface area contributed by atoms with Crippen LogP contribution in [0.3, 0.4) is 0 Å². The van der Waals surface area contributed by atoms with Crippen molar-refractivity contribution in [2.45, 2.75) is 6.42 Å². The third-order valence-electron chi connectivity index (χ3n) is 4.46. The van der Waals surface area contributed by atoms with E-state index in [4.69, 9.17) is 16.3 Å². The van der Waals surface area contributed by atoms with E-state index in [1.54, 1.807) is 30.2 Å². The third kappa shape index (κ3) is 3.61. The molecule has 1 N–H and O–H groups in total. The highest BCUT2D eigenvalue weighted by molar-refractivity contribution is 7.22. The van der Waals surface area contributed by atoms with Crippen LogP contribution in [0.25, 0.3) is 10.2 Å². The second kappa shape index (κ2) is 7.17. The van der Waals surface area contributed by atoms with E-state index < -0.39 is 5.92 Å². The van der Waals surface area contributed by atoms with Crippen LogP contribution in [0.2, 0.25) is 5.02 Å². The highest BCUT2D eigenvalue weighted by Crippen LogP contribution is 2.30. The number of halogens is 1. The van der Waals surface area contributed by atoms with Gasteiger partial charge in [0.25, 0.3) is 0 Å². The lowest BCUT2D eigenvalue weighted by Crippen LogP contribution is -2.28. The van der Waals surface area contributed by atoms with Crippen LogP contribution in [0, 0.1) is 5.92 Å². The molecule has 2 heterocycles. The fourth-order valence-corrected chi connectivity index (χ4v) is 4.20. The lowest BCUT2D eigenvalue weighted by atomic mass is 10.1. The number of rotatable bonds is 4. The number of benzene rings is 2. The molecular weight excluding hydrogens is 386 g/mol. The number of aromatic nitrogens is 1. The number of hydrogen-bond donors (Lipinski definition) is 1. The van der Waals surface area contributed by atoms with Crippen molar-refractivity contribution in [3.63, 3.8) is 0 Å². The molecule has 3 aromatic rings. The fraction of sp³-hybridized carbons (Fsp3) is 0.211. The summed E-state index contributed by atoms with van der Waals surface area (Å²) in [7, 11) is 1.59. The molecular formula is C19H16ClN3O3S. The summed E-state index contributed by atoms with van der Waals surface area (Å²) in [6, 6.07) is 12.6. The molecule has 2 amide bonds. The summed E-state index contributed by atoms with van der Waals surface area (Å²) in [5.41, 5.74) is 1.53. The molecule has 0 bridgehead atoms. The molecule has 0 radical (unpaired) electrons. The molecule has 8 heteroatoms. The number of hydrogen-bond acceptors (Lipinski definition) is 5. The Hall–Kier alpha value is -2.64. The average molecular weight is 402 g/mol. The number of thiazole rings is 1. The molecule has 1 unspecified atom stereocenters. The zero-order valence-corrected chi connectivity index (χ0v) is 16.0. The fourth-order valence-electron chi connectivity index (χ4n) is 3.05. The van der Waals surface area contributed by atoms with E-state index in [9.17, 15) is 9.59 Å². The van der Waals surface area contributed by atoms with Crippen molar-refractivity contribution in [1.82, 2.24) is 4.98 Å². The lowest BCUT2D eigenvalue weighted by molar-refractivity contribution is -0.122. The first-order chi connectivity index (χ1) is 13.0. The topological polar surface area (TPSA) is 71.5 Å². The van der Waals surface area contributed by atoms with Crippen molar-refractivity contribution in [2.75, 3.05) is 23.9 Å². The number of ether oxygens (including phenoxy) is 1. The Morgan fingerprint density at radius 1 is 1.30 bits per heavy atom. The van der Waals surface area contributed by atoms with E-state index in [1.165, 1.54) is 11.3 Å². The predicted octanol–water partition coefficient (Wildman–Crippen LogP) is 3.95. The molecule has 2 aromatic carbocycles. The number of anilines is 2. The summed E-state index contributed by atoms with van der Waals surface area (Å²) in [5.74, 6) is 0.0201. The van der Waals surface area contributed by atoms with E-state index in [0.29, 0.717) is 16.7 Å². The van der Waals surface area contributed by atoms with Crippen LogP contribution in [0.4, 0.5) is 10.8 Å². The summed E-state index contributed by atoms with van der Waals surface area (Å²) in [6.45, 7) is 0.341. The summed E-state index contributed by atoms with van der Waals surface area (Å²) >= 11 is 7.35. The van der Waals surface area contributed by atoms with E-state index in [1.807, 2.05) is 24.3 Å². The Balaban J connectivity index is 1.46. The number of nitrogens with zero attached hydrogens (tertiary/aromatic N) is 2. The highest BCUT2D eigenvalue weighted by Gasteiger charge is 2.35. The summed E-state index contributed by atoms with van der Waals surface area (Å²) < 4.78 is 6.04. The van der Waals surface area contributed by atoms with Gasteiger partial charge in [-0.25, -0.2) is 4.98 Å². The minimum absolute atomic E-state index is 0.0728. The van der Waals surface area contributed by atoms with Gasteiger partial charge in [-0.1, -0.05) is 22.9 Å². The third-order valence-corrected chi connectivity index (χ3v) is 5.63. The second-order valence-corrected chi connectivity index (χ2v) is 7.69. The summed E-state index contributed by atoms with van der Waals surface area (Å²) in [4.78, 5) is 31.0. The van der Waals surface area contributed by atoms with Gasteiger partial charge in [-0.05, 0) is 42.5 Å². The Bertz CT molecular complexity index is 1020. The average Bonchev–Trinajstić information content (AvgIpc) is 3.24. The van der Waals surface area contributed by atoms with Gasteiger partial charge in [0.15, 0.2) is 5.13 Å². The van der Waals surface area contributed by atoms with Crippen LogP contribution in [0.15, 0.2) is 42.5 Å². The maximum atomic E-state index is 12.6. The van der Waals surface area contributed by atoms with Gasteiger partial charge in [0.1, 0.15) is 5.75 Å². The van der Waals surface area contributed by atoms with Crippen molar-refractivity contribution >= 4 is 55.8 Å². The van der Waals surface area contributed by atoms with Gasteiger partial charge in [-0.3, -0.25) is 9.59 Å². The smallest absolute Gasteiger partial charge is 0.231 e. The molecule has 4 rings (SSSR count). The SMILES string of the molecule is COc1ccc(N2CC(C(=O)Nc3nc4ccc(Cl)cc4s3)CC2=O)cc1. The van der Waals surface area contributed by atoms with Crippen LogP contribution >= 0.6 is 22.9 Å². The van der Waals surface area contributed by atoms with Gasteiger partial charge in [-0.2, -0.15) is 0 Å². The van der Waals surface area contributed by atoms with Crippen LogP contribution in [0.1, 0.15) is 6.42 Å². The van der Waals surface area contributed by atoms with Gasteiger partial charge in [-0.15, -0.1) is 0 Å². The maximum absolute atomic E-state index is 12.6. The van der Waals surface area contributed by atoms with Gasteiger partial charge in [0, 0.05) is 23.7 Å². The zero-order valence-electron chi connectivity index (χ0n) is 14.4. The Labute approximate surface area is 164 Å². The molecule has 0 saturated carbocycles. The first-order valence-electron chi connectivity index (χ1n) is 8.35. The predicted molar refractivity (Wildman–Crippen MR) is 107 cm³/mol. The highest BCUT2D eigenvalue weighted by atomic mass is 35.5. The molecule has 1 fully saturated rings. The van der Waals surface area contributed by atoms with Crippen molar-refractivity contribution in [3.05, 3.63) is 47.5 Å². The zero-order chi connectivity index (χ0) is 19.0. The molecule has 138 valence electrons. The Kier molecular flexibility index (Phi) is 4.72. The van der Waals surface area contributed by atoms with Gasteiger partial charge >= 0.3 is 0 Å². The van der Waals surface area contributed by atoms with Crippen molar-refractivity contribution < 1.29 is 14.3 Å². The van der Waals surface area contributed by atoms with Gasteiger partial charge in [0.2, 0.25) is 11.8 Å². The van der Waals surface area contributed by atoms with Crippen LogP contribution in [-0.4, -0.2) is 30.5 Å². The first kappa shape index (κ1) is 17.8. The monoisotopic (exact) mass is 401 g/mol. The summed E-state index contributed by atoms with van der Waals surface area (Å²) in [5, 5.41) is 3.96. The maximum Gasteiger partial charge on any atom is 0.231 e. The number of amides is 2. The number of fused-ring (bicyclic) bond motifs is 1. The number of carbonyl (C=O) groups excluding carboxylic acids is 2. The van der Waals surface area contributed by atoms with Crippen molar-refractivity contribution in [1.29, 1.82) is 0 Å². The van der Waals surface area contributed by atoms with Crippen LogP contribution in [-0.2, 0) is 9.59 Å². The summed E-state index contributed by atoms with van der Waals surface area (Å²) in [6.07, 6.45) is 0.175. The molecule has 0 aliphatic carbocycles. The molecule has 6 nitrogen and oxygen atoms in total. The van der Waals surface area contributed by atoms with E-state index in [-0.39, 0.29) is 18.2 Å². The van der Waals surface area contributed by atoms with Crippen LogP contribution < -0.4 is 15.0 Å². The molecule has 1 atom stereocenters. The molecule has 1 aliphatic rings. The van der Waals surface area contributed by atoms with E-state index in [2.05, 4.69) is 10.3 Å². The standard InChI is InChI=1S/C19H16ClN3O3S/c1-26-14-5-3-13(4-6-14)23-10-11(8-17(23)24)18(25)22-19-21-15-7-2-12(20)9-16(15)27-19/h2-7,9,11H,8,10H2,1H3,(H,21,22,25). The Morgan fingerprint density at radius 3 is 2.81 bits per heavy atom. The first-order valence-corrected chi connectivity index (χ1v) is 9.54.